The van der Waals surface area contributed by atoms with Crippen molar-refractivity contribution in [3.8, 4) is 0 Å². The fourth-order valence-corrected chi connectivity index (χ4v) is 3.72. The number of carbonyl (C=O) groups excluding carboxylic acids is 2. The van der Waals surface area contributed by atoms with Gasteiger partial charge in [0.25, 0.3) is 0 Å². The molecule has 2 aliphatic carbocycles. The third kappa shape index (κ3) is 2.84. The van der Waals surface area contributed by atoms with Crippen LogP contribution in [0.1, 0.15) is 58.3 Å². The molecule has 22 heavy (non-hydrogen) atoms. The van der Waals surface area contributed by atoms with Gasteiger partial charge < -0.3 is 14.2 Å². The number of hydrogen-bond acceptors (Lipinski definition) is 5. The summed E-state index contributed by atoms with van der Waals surface area (Å²) in [6.45, 7) is 5.75. The molecule has 1 aliphatic heterocycles. The predicted molar refractivity (Wildman–Crippen MR) is 79.1 cm³/mol. The standard InChI is InChI=1S/C17H24O5/c1-12(2)15(19)22-16(7-3-4-8-16)14-11-20-17(21-14)9-5-13(18)6-10-17/h14H,1,3-11H2,2H3. The van der Waals surface area contributed by atoms with Gasteiger partial charge in [0, 0.05) is 31.3 Å². The molecule has 3 aliphatic rings. The summed E-state index contributed by atoms with van der Waals surface area (Å²) in [6, 6.07) is 0. The maximum atomic E-state index is 12.0. The van der Waals surface area contributed by atoms with E-state index < -0.39 is 11.4 Å². The molecule has 5 nitrogen and oxygen atoms in total. The third-order valence-electron chi connectivity index (χ3n) is 5.11. The van der Waals surface area contributed by atoms with Crippen LogP contribution < -0.4 is 0 Å². The lowest BCUT2D eigenvalue weighted by Gasteiger charge is -2.36. The number of esters is 1. The van der Waals surface area contributed by atoms with Crippen molar-refractivity contribution in [3.63, 3.8) is 0 Å². The van der Waals surface area contributed by atoms with E-state index in [-0.39, 0.29) is 17.9 Å². The molecule has 5 heteroatoms. The molecule has 1 atom stereocenters. The molecule has 0 N–H and O–H groups in total. The van der Waals surface area contributed by atoms with Gasteiger partial charge in [-0.2, -0.15) is 0 Å². The number of hydrogen-bond donors (Lipinski definition) is 0. The molecule has 0 aromatic heterocycles. The molecule has 1 spiro atoms. The Morgan fingerprint density at radius 2 is 1.86 bits per heavy atom. The van der Waals surface area contributed by atoms with Gasteiger partial charge in [0.15, 0.2) is 5.79 Å². The number of carbonyl (C=O) groups is 2. The van der Waals surface area contributed by atoms with Crippen LogP contribution in [-0.4, -0.2) is 35.9 Å². The molecule has 1 unspecified atom stereocenters. The van der Waals surface area contributed by atoms with E-state index in [4.69, 9.17) is 14.2 Å². The lowest BCUT2D eigenvalue weighted by molar-refractivity contribution is -0.213. The van der Waals surface area contributed by atoms with E-state index in [1.807, 2.05) is 0 Å². The molecular formula is C17H24O5. The first-order chi connectivity index (χ1) is 10.4. The Morgan fingerprint density at radius 3 is 2.45 bits per heavy atom. The quantitative estimate of drug-likeness (QED) is 0.592. The number of Topliss-reactive ketones (excluding diaryl/α,β-unsaturated/α-hetero) is 1. The van der Waals surface area contributed by atoms with E-state index in [0.717, 1.165) is 25.7 Å². The van der Waals surface area contributed by atoms with Gasteiger partial charge in [-0.05, 0) is 32.6 Å². The molecule has 0 aromatic carbocycles. The summed E-state index contributed by atoms with van der Waals surface area (Å²) in [6.07, 6.45) is 5.62. The Bertz CT molecular complexity index is 479. The minimum absolute atomic E-state index is 0.244. The van der Waals surface area contributed by atoms with Crippen LogP contribution in [0.2, 0.25) is 0 Å². The zero-order valence-electron chi connectivity index (χ0n) is 13.2. The van der Waals surface area contributed by atoms with Gasteiger partial charge in [-0.1, -0.05) is 6.58 Å². The van der Waals surface area contributed by atoms with E-state index in [0.29, 0.717) is 37.9 Å². The molecule has 0 bridgehead atoms. The Kier molecular flexibility index (Phi) is 4.12. The molecule has 3 fully saturated rings. The summed E-state index contributed by atoms with van der Waals surface area (Å²) in [4.78, 5) is 23.4. The average molecular weight is 308 g/mol. The fraction of sp³-hybridized carbons (Fsp3) is 0.765. The highest BCUT2D eigenvalue weighted by atomic mass is 16.8. The van der Waals surface area contributed by atoms with Crippen molar-refractivity contribution >= 4 is 11.8 Å². The summed E-state index contributed by atoms with van der Waals surface area (Å²) >= 11 is 0. The van der Waals surface area contributed by atoms with Crippen LogP contribution in [0.15, 0.2) is 12.2 Å². The van der Waals surface area contributed by atoms with Gasteiger partial charge in [-0.25, -0.2) is 4.79 Å². The van der Waals surface area contributed by atoms with E-state index in [2.05, 4.69) is 6.58 Å². The zero-order chi connectivity index (χ0) is 15.8. The van der Waals surface area contributed by atoms with Gasteiger partial charge in [-0.3, -0.25) is 4.79 Å². The Hall–Kier alpha value is -1.20. The molecule has 2 saturated carbocycles. The van der Waals surface area contributed by atoms with Crippen LogP contribution in [0, 0.1) is 0 Å². The molecule has 0 aromatic rings. The summed E-state index contributed by atoms with van der Waals surface area (Å²) in [5.74, 6) is -0.736. The van der Waals surface area contributed by atoms with Crippen molar-refractivity contribution in [2.45, 2.75) is 75.8 Å². The Balaban J connectivity index is 1.72. The first kappa shape index (κ1) is 15.7. The lowest BCUT2D eigenvalue weighted by atomic mass is 9.92. The van der Waals surface area contributed by atoms with E-state index in [1.165, 1.54) is 0 Å². The van der Waals surface area contributed by atoms with Crippen LogP contribution in [0.5, 0.6) is 0 Å². The molecule has 122 valence electrons. The topological polar surface area (TPSA) is 61.8 Å². The van der Waals surface area contributed by atoms with Gasteiger partial charge in [0.2, 0.25) is 0 Å². The molecule has 0 radical (unpaired) electrons. The zero-order valence-corrected chi connectivity index (χ0v) is 13.2. The number of rotatable bonds is 3. The van der Waals surface area contributed by atoms with Crippen LogP contribution in [0.25, 0.3) is 0 Å². The van der Waals surface area contributed by atoms with Gasteiger partial charge in [-0.15, -0.1) is 0 Å². The van der Waals surface area contributed by atoms with Gasteiger partial charge in [0.1, 0.15) is 17.5 Å². The maximum Gasteiger partial charge on any atom is 0.333 e. The van der Waals surface area contributed by atoms with Crippen molar-refractivity contribution in [1.29, 1.82) is 0 Å². The highest BCUT2D eigenvalue weighted by Crippen LogP contribution is 2.45. The second-order valence-electron chi connectivity index (χ2n) is 6.81. The first-order valence-corrected chi connectivity index (χ1v) is 8.17. The van der Waals surface area contributed by atoms with Crippen LogP contribution in [-0.2, 0) is 23.8 Å². The highest BCUT2D eigenvalue weighted by Gasteiger charge is 2.54. The maximum absolute atomic E-state index is 12.0. The van der Waals surface area contributed by atoms with Gasteiger partial charge >= 0.3 is 5.97 Å². The average Bonchev–Trinajstić information content (AvgIpc) is 3.11. The predicted octanol–water partition coefficient (Wildman–Crippen LogP) is 2.67. The number of ketones is 1. The Labute approximate surface area is 131 Å². The summed E-state index contributed by atoms with van der Waals surface area (Å²) < 4.78 is 17.9. The van der Waals surface area contributed by atoms with Crippen molar-refractivity contribution in [1.82, 2.24) is 0 Å². The lowest BCUT2D eigenvalue weighted by Crippen LogP contribution is -2.47. The van der Waals surface area contributed by atoms with Crippen molar-refractivity contribution in [2.24, 2.45) is 0 Å². The number of ether oxygens (including phenoxy) is 3. The van der Waals surface area contributed by atoms with Crippen molar-refractivity contribution in [3.05, 3.63) is 12.2 Å². The van der Waals surface area contributed by atoms with Crippen LogP contribution >= 0.6 is 0 Å². The van der Waals surface area contributed by atoms with Gasteiger partial charge in [0.05, 0.1) is 6.61 Å². The fourth-order valence-electron chi connectivity index (χ4n) is 3.72. The minimum Gasteiger partial charge on any atom is -0.453 e. The van der Waals surface area contributed by atoms with E-state index in [9.17, 15) is 9.59 Å². The van der Waals surface area contributed by atoms with Crippen LogP contribution in [0.3, 0.4) is 0 Å². The summed E-state index contributed by atoms with van der Waals surface area (Å²) in [7, 11) is 0. The molecule has 1 saturated heterocycles. The monoisotopic (exact) mass is 308 g/mol. The second-order valence-corrected chi connectivity index (χ2v) is 6.81. The minimum atomic E-state index is -0.649. The molecule has 3 rings (SSSR count). The summed E-state index contributed by atoms with van der Waals surface area (Å²) in [5, 5.41) is 0. The first-order valence-electron chi connectivity index (χ1n) is 8.17. The summed E-state index contributed by atoms with van der Waals surface area (Å²) in [5.41, 5.74) is -0.191. The van der Waals surface area contributed by atoms with E-state index in [1.54, 1.807) is 6.92 Å². The van der Waals surface area contributed by atoms with Crippen LogP contribution in [0.4, 0.5) is 0 Å². The highest BCUT2D eigenvalue weighted by molar-refractivity contribution is 5.87. The third-order valence-corrected chi connectivity index (χ3v) is 5.11. The molecule has 1 heterocycles. The van der Waals surface area contributed by atoms with E-state index >= 15 is 0 Å². The van der Waals surface area contributed by atoms with Crippen molar-refractivity contribution < 1.29 is 23.8 Å². The van der Waals surface area contributed by atoms with Crippen molar-refractivity contribution in [2.75, 3.05) is 6.61 Å². The SMILES string of the molecule is C=C(C)C(=O)OC1(C2COC3(CCC(=O)CC3)O2)CCCC1. The largest absolute Gasteiger partial charge is 0.453 e. The smallest absolute Gasteiger partial charge is 0.333 e. The molecular weight excluding hydrogens is 284 g/mol. The Morgan fingerprint density at radius 1 is 1.23 bits per heavy atom. The second kappa shape index (κ2) is 5.78. The molecule has 0 amide bonds. The normalized spacial score (nSPS) is 29.7.